The van der Waals surface area contributed by atoms with Crippen LogP contribution in [0.3, 0.4) is 0 Å². The van der Waals surface area contributed by atoms with Crippen LogP contribution in [0.5, 0.6) is 0 Å². The summed E-state index contributed by atoms with van der Waals surface area (Å²) in [6.07, 6.45) is 16.1. The van der Waals surface area contributed by atoms with Gasteiger partial charge in [0, 0.05) is 19.8 Å². The van der Waals surface area contributed by atoms with E-state index in [4.69, 9.17) is 0 Å². The summed E-state index contributed by atoms with van der Waals surface area (Å²) < 4.78 is 1.28. The van der Waals surface area contributed by atoms with Gasteiger partial charge in [0.15, 0.2) is 0 Å². The number of hydrogen-bond donors (Lipinski definition) is 0. The highest BCUT2D eigenvalue weighted by Crippen LogP contribution is 2.47. The van der Waals surface area contributed by atoms with E-state index in [1.165, 1.54) is 77.0 Å². The quantitative estimate of drug-likeness (QED) is 0.152. The van der Waals surface area contributed by atoms with E-state index in [0.717, 1.165) is 36.8 Å². The lowest BCUT2D eigenvalue weighted by atomic mass is 9.62. The monoisotopic (exact) mass is 564 g/mol. The van der Waals surface area contributed by atoms with Gasteiger partial charge in [0.25, 0.3) is 0 Å². The second-order valence-electron chi connectivity index (χ2n) is 17.4. The lowest BCUT2D eigenvalue weighted by molar-refractivity contribution is -1.21. The number of amides is 1. The van der Waals surface area contributed by atoms with Gasteiger partial charge in [-0.2, -0.15) is 9.18 Å². The molecule has 0 radical (unpaired) electrons. The molecule has 0 saturated heterocycles. The Hall–Kier alpha value is -0.610. The first kappa shape index (κ1) is 35.6. The molecule has 0 aromatic rings. The summed E-state index contributed by atoms with van der Waals surface area (Å²) in [5.74, 6) is 4.99. The highest BCUT2D eigenvalue weighted by atomic mass is 16.2. The Bertz CT molecular complexity index is 727. The van der Waals surface area contributed by atoms with Crippen molar-refractivity contribution in [2.75, 3.05) is 41.3 Å². The van der Waals surface area contributed by atoms with Crippen LogP contribution in [-0.4, -0.2) is 61.5 Å². The van der Waals surface area contributed by atoms with Gasteiger partial charge in [-0.15, -0.1) is 0 Å². The van der Waals surface area contributed by atoms with Gasteiger partial charge in [-0.25, -0.2) is 0 Å². The third-order valence-corrected chi connectivity index (χ3v) is 11.9. The average Bonchev–Trinajstić information content (AvgIpc) is 2.79. The summed E-state index contributed by atoms with van der Waals surface area (Å²) in [6, 6.07) is 0. The van der Waals surface area contributed by atoms with Crippen molar-refractivity contribution >= 4 is 5.91 Å². The summed E-state index contributed by atoms with van der Waals surface area (Å²) >= 11 is 0. The zero-order valence-corrected chi connectivity index (χ0v) is 29.6. The van der Waals surface area contributed by atoms with Crippen molar-refractivity contribution in [3.63, 3.8) is 0 Å². The summed E-state index contributed by atoms with van der Waals surface area (Å²) in [6.45, 7) is 23.6. The fraction of sp³-hybridized carbons (Fsp3) is 0.972. The van der Waals surface area contributed by atoms with E-state index in [2.05, 4.69) is 88.7 Å². The zero-order valence-electron chi connectivity index (χ0n) is 29.6. The molecule has 236 valence electrons. The van der Waals surface area contributed by atoms with E-state index in [0.29, 0.717) is 31.8 Å². The van der Waals surface area contributed by atoms with E-state index in [1.807, 2.05) is 0 Å². The highest BCUT2D eigenvalue weighted by Gasteiger charge is 2.43. The summed E-state index contributed by atoms with van der Waals surface area (Å²) in [5.41, 5.74) is 0.975. The molecule has 2 saturated carbocycles. The molecular formula is C36H73N3O+2. The third-order valence-electron chi connectivity index (χ3n) is 11.9. The molecule has 2 aliphatic rings. The number of nitrogens with zero attached hydrogens (tertiary/aromatic N) is 3. The first-order chi connectivity index (χ1) is 18.3. The number of carbonyl (C=O) groups is 1. The van der Waals surface area contributed by atoms with Crippen LogP contribution in [0.1, 0.15) is 139 Å². The minimum atomic E-state index is 0.186. The lowest BCUT2D eigenvalue weighted by Gasteiger charge is -2.47. The van der Waals surface area contributed by atoms with Crippen molar-refractivity contribution in [3.8, 4) is 0 Å². The van der Waals surface area contributed by atoms with Gasteiger partial charge < -0.3 is 0 Å². The molecule has 0 aromatic heterocycles. The molecule has 2 fully saturated rings. The molecule has 2 aliphatic carbocycles. The Balaban J connectivity index is 1.90. The normalized spacial score (nSPS) is 28.6. The van der Waals surface area contributed by atoms with Gasteiger partial charge >= 0.3 is 5.91 Å². The van der Waals surface area contributed by atoms with Gasteiger partial charge in [0.2, 0.25) is 0 Å². The maximum absolute atomic E-state index is 13.1. The maximum atomic E-state index is 13.1. The molecule has 6 atom stereocenters. The van der Waals surface area contributed by atoms with Gasteiger partial charge in [0.05, 0.1) is 28.2 Å². The zero-order chi connectivity index (χ0) is 30.5. The standard InChI is InChI=1S/C36H73N3O/c1-28(18-20-33-30(3)16-14-24-35(33,6)7)22-26-38(10,11)37(32(5)40)39(12,13)27-23-29(2)19-21-34-31(4)17-15-25-36(34,8)9/h28-31,33-34H,14-27H2,1-13H3/q+2. The topological polar surface area (TPSA) is 20.3 Å². The van der Waals surface area contributed by atoms with Crippen LogP contribution >= 0.6 is 0 Å². The van der Waals surface area contributed by atoms with Crippen molar-refractivity contribution < 1.29 is 14.0 Å². The van der Waals surface area contributed by atoms with Crippen LogP contribution in [0.2, 0.25) is 0 Å². The predicted molar refractivity (Wildman–Crippen MR) is 173 cm³/mol. The Morgan fingerprint density at radius 2 is 1.07 bits per heavy atom. The number of quaternary nitrogens is 2. The van der Waals surface area contributed by atoms with E-state index < -0.39 is 0 Å². The van der Waals surface area contributed by atoms with Gasteiger partial charge in [0.1, 0.15) is 13.1 Å². The highest BCUT2D eigenvalue weighted by molar-refractivity contribution is 5.70. The molecule has 2 rings (SSSR count). The maximum Gasteiger partial charge on any atom is 0.320 e. The summed E-state index contributed by atoms with van der Waals surface area (Å²) in [5, 5.41) is 2.14. The van der Waals surface area contributed by atoms with Crippen LogP contribution in [0.25, 0.3) is 0 Å². The molecular weight excluding hydrogens is 490 g/mol. The Morgan fingerprint density at radius 3 is 1.38 bits per heavy atom. The molecule has 0 aromatic carbocycles. The average molecular weight is 564 g/mol. The minimum Gasteiger partial charge on any atom is -0.264 e. The molecule has 4 nitrogen and oxygen atoms in total. The van der Waals surface area contributed by atoms with Crippen LogP contribution in [0, 0.1) is 46.3 Å². The van der Waals surface area contributed by atoms with Gasteiger partial charge in [-0.1, -0.05) is 93.9 Å². The second kappa shape index (κ2) is 14.2. The summed E-state index contributed by atoms with van der Waals surface area (Å²) in [4.78, 5) is 13.1. The van der Waals surface area contributed by atoms with Crippen LogP contribution in [0.15, 0.2) is 0 Å². The van der Waals surface area contributed by atoms with Crippen LogP contribution < -0.4 is 0 Å². The smallest absolute Gasteiger partial charge is 0.264 e. The number of carbonyl (C=O) groups excluding carboxylic acids is 1. The number of rotatable bonds is 14. The van der Waals surface area contributed by atoms with E-state index >= 15 is 0 Å². The fourth-order valence-electron chi connectivity index (χ4n) is 9.32. The first-order valence-electron chi connectivity index (χ1n) is 17.3. The van der Waals surface area contributed by atoms with Crippen molar-refractivity contribution in [1.82, 2.24) is 5.12 Å². The van der Waals surface area contributed by atoms with Crippen molar-refractivity contribution in [3.05, 3.63) is 0 Å². The molecule has 40 heavy (non-hydrogen) atoms. The molecule has 0 heterocycles. The molecule has 1 amide bonds. The molecule has 0 spiro atoms. The minimum absolute atomic E-state index is 0.186. The molecule has 4 heteroatoms. The van der Waals surface area contributed by atoms with Crippen LogP contribution in [0.4, 0.5) is 0 Å². The Labute approximate surface area is 251 Å². The molecule has 0 aliphatic heterocycles. The SMILES string of the molecule is CC(=O)N([N+](C)(C)CCC(C)CCC1C(C)CCCC1(C)C)[N+](C)(C)CCC(C)CCC1C(C)CCCC1(C)C. The lowest BCUT2D eigenvalue weighted by Crippen LogP contribution is -2.70. The Morgan fingerprint density at radius 1 is 0.725 bits per heavy atom. The molecule has 0 bridgehead atoms. The van der Waals surface area contributed by atoms with Gasteiger partial charge in [-0.05, 0) is 77.1 Å². The van der Waals surface area contributed by atoms with Crippen molar-refractivity contribution in [1.29, 1.82) is 0 Å². The largest absolute Gasteiger partial charge is 0.320 e. The van der Waals surface area contributed by atoms with Crippen molar-refractivity contribution in [2.24, 2.45) is 46.3 Å². The van der Waals surface area contributed by atoms with E-state index in [9.17, 15) is 4.79 Å². The van der Waals surface area contributed by atoms with E-state index in [1.54, 1.807) is 6.92 Å². The first-order valence-corrected chi connectivity index (χ1v) is 17.3. The van der Waals surface area contributed by atoms with Gasteiger partial charge in [-0.3, -0.25) is 4.79 Å². The third kappa shape index (κ3) is 9.72. The van der Waals surface area contributed by atoms with Crippen LogP contribution in [-0.2, 0) is 4.79 Å². The summed E-state index contributed by atoms with van der Waals surface area (Å²) in [7, 11) is 8.99. The fourth-order valence-corrected chi connectivity index (χ4v) is 9.32. The second-order valence-corrected chi connectivity index (χ2v) is 17.4. The molecule has 0 N–H and O–H groups in total. The van der Waals surface area contributed by atoms with E-state index in [-0.39, 0.29) is 5.91 Å². The molecule has 6 unspecified atom stereocenters. The number of hydrogen-bond acceptors (Lipinski definition) is 1. The predicted octanol–water partition coefficient (Wildman–Crippen LogP) is 9.36. The van der Waals surface area contributed by atoms with Crippen molar-refractivity contribution in [2.45, 2.75) is 139 Å². The Kier molecular flexibility index (Phi) is 12.7.